The Morgan fingerprint density at radius 2 is 0.981 bits per heavy atom. The van der Waals surface area contributed by atoms with Crippen LogP contribution in [0.25, 0.3) is 0 Å². The molecule has 0 aromatic rings. The van der Waals surface area contributed by atoms with Crippen LogP contribution in [0.15, 0.2) is 0 Å². The van der Waals surface area contributed by atoms with Crippen LogP contribution in [0.4, 0.5) is 0 Å². The van der Waals surface area contributed by atoms with Gasteiger partial charge in [0.25, 0.3) is 0 Å². The minimum atomic E-state index is -4.30. The number of ether oxygens (including phenoxy) is 2. The second-order valence-electron chi connectivity index (χ2n) is 16.4. The Labute approximate surface area is 326 Å². The van der Waals surface area contributed by atoms with Gasteiger partial charge in [0, 0.05) is 13.0 Å². The van der Waals surface area contributed by atoms with Crippen molar-refractivity contribution < 1.29 is 47.5 Å². The van der Waals surface area contributed by atoms with Crippen LogP contribution in [0.3, 0.4) is 0 Å². The first kappa shape index (κ1) is 52.4. The van der Waals surface area contributed by atoms with E-state index in [-0.39, 0.29) is 32.2 Å². The van der Waals surface area contributed by atoms with E-state index < -0.39 is 26.1 Å². The fourth-order valence-electron chi connectivity index (χ4n) is 6.29. The second kappa shape index (κ2) is 35.8. The van der Waals surface area contributed by atoms with Gasteiger partial charge in [-0.25, -0.2) is 4.57 Å². The van der Waals surface area contributed by atoms with E-state index in [9.17, 15) is 24.5 Å². The summed E-state index contributed by atoms with van der Waals surface area (Å²) in [5.41, 5.74) is 0. The Hall–Kier alpha value is -0.580. The lowest BCUT2D eigenvalue weighted by Crippen LogP contribution is -2.37. The number of carbonyl (C=O) groups excluding carboxylic acids is 1. The van der Waals surface area contributed by atoms with Gasteiger partial charge in [-0.2, -0.15) is 0 Å². The zero-order valence-corrected chi connectivity index (χ0v) is 36.1. The molecule has 0 aliphatic rings. The summed E-state index contributed by atoms with van der Waals surface area (Å²) in [5.74, 6) is -0.361. The number of hydrogen-bond acceptors (Lipinski definition) is 8. The molecule has 0 aliphatic heterocycles. The molecule has 4 atom stereocenters. The summed E-state index contributed by atoms with van der Waals surface area (Å²) in [6.07, 6.45) is 28.7. The zero-order chi connectivity index (χ0) is 39.5. The molecular weight excluding hydrogens is 693 g/mol. The van der Waals surface area contributed by atoms with Crippen molar-refractivity contribution in [1.82, 2.24) is 0 Å². The Balaban J connectivity index is 4.29. The molecule has 0 amide bonds. The summed E-state index contributed by atoms with van der Waals surface area (Å²) in [6, 6.07) is 0. The highest BCUT2D eigenvalue weighted by Gasteiger charge is 2.26. The van der Waals surface area contributed by atoms with Crippen molar-refractivity contribution in [3.63, 3.8) is 0 Å². The number of hydrogen-bond donors (Lipinski definition) is 3. The van der Waals surface area contributed by atoms with Gasteiger partial charge < -0.3 is 29.1 Å². The topological polar surface area (TPSA) is 132 Å². The molecule has 0 bridgehead atoms. The summed E-state index contributed by atoms with van der Waals surface area (Å²) in [5, 5.41) is 20.4. The largest absolute Gasteiger partial charge is 0.472 e. The van der Waals surface area contributed by atoms with Crippen LogP contribution < -0.4 is 0 Å². The lowest BCUT2D eigenvalue weighted by Gasteiger charge is -2.24. The van der Waals surface area contributed by atoms with Gasteiger partial charge >= 0.3 is 13.8 Å². The van der Waals surface area contributed by atoms with Crippen molar-refractivity contribution >= 4 is 13.8 Å². The molecule has 0 saturated carbocycles. The molecule has 53 heavy (non-hydrogen) atoms. The molecule has 0 aromatic heterocycles. The summed E-state index contributed by atoms with van der Waals surface area (Å²) in [4.78, 5) is 22.9. The molecule has 10 nitrogen and oxygen atoms in total. The maximum atomic E-state index is 12.7. The van der Waals surface area contributed by atoms with Crippen LogP contribution in [0.2, 0.25) is 0 Å². The summed E-state index contributed by atoms with van der Waals surface area (Å²) < 4.78 is 34.9. The number of esters is 1. The number of unbranched alkanes of at least 4 members (excludes halogenated alkanes) is 22. The van der Waals surface area contributed by atoms with Gasteiger partial charge in [-0.05, 0) is 25.7 Å². The lowest BCUT2D eigenvalue weighted by molar-refractivity contribution is -0.870. The number of rotatable bonds is 41. The van der Waals surface area contributed by atoms with Crippen LogP contribution >= 0.6 is 7.82 Å². The molecule has 0 saturated heterocycles. The molecule has 0 fully saturated rings. The number of quaternary nitrogens is 1. The van der Waals surface area contributed by atoms with Crippen LogP contribution in [0.5, 0.6) is 0 Å². The first-order valence-corrected chi connectivity index (χ1v) is 23.5. The Bertz CT molecular complexity index is 857. The minimum absolute atomic E-state index is 0.0711. The third-order valence-corrected chi connectivity index (χ3v) is 10.8. The van der Waals surface area contributed by atoms with E-state index in [0.717, 1.165) is 70.6 Å². The van der Waals surface area contributed by atoms with Gasteiger partial charge in [0.15, 0.2) is 0 Å². The number of carbonyl (C=O) groups is 1. The van der Waals surface area contributed by atoms with Gasteiger partial charge in [0.2, 0.25) is 0 Å². The summed E-state index contributed by atoms with van der Waals surface area (Å²) in [7, 11) is 1.61. The molecule has 0 rings (SSSR count). The number of phosphoric ester groups is 1. The van der Waals surface area contributed by atoms with Crippen molar-refractivity contribution in [3.05, 3.63) is 0 Å². The average Bonchev–Trinajstić information content (AvgIpc) is 3.10. The zero-order valence-electron chi connectivity index (χ0n) is 35.3. The third-order valence-electron chi connectivity index (χ3n) is 9.86. The highest BCUT2D eigenvalue weighted by atomic mass is 31.2. The maximum absolute atomic E-state index is 12.7. The van der Waals surface area contributed by atoms with E-state index in [1.54, 1.807) is 0 Å². The quantitative estimate of drug-likeness (QED) is 0.0240. The predicted molar refractivity (Wildman–Crippen MR) is 218 cm³/mol. The van der Waals surface area contributed by atoms with Crippen LogP contribution in [0, 0.1) is 0 Å². The predicted octanol–water partition coefficient (Wildman–Crippen LogP) is 10.4. The number of phosphoric acid groups is 1. The van der Waals surface area contributed by atoms with E-state index in [0.29, 0.717) is 36.9 Å². The second-order valence-corrected chi connectivity index (χ2v) is 17.8. The van der Waals surface area contributed by atoms with Crippen LogP contribution in [-0.2, 0) is 27.9 Å². The smallest absolute Gasteiger partial charge is 0.457 e. The van der Waals surface area contributed by atoms with E-state index in [1.165, 1.54) is 83.5 Å². The normalized spacial score (nSPS) is 14.9. The third kappa shape index (κ3) is 38.1. The summed E-state index contributed by atoms with van der Waals surface area (Å²) in [6.45, 7) is 5.42. The van der Waals surface area contributed by atoms with Crippen molar-refractivity contribution in [2.24, 2.45) is 0 Å². The standard InChI is InChI=1S/C42H86NO9P/c1-6-8-10-12-13-14-15-16-17-18-19-23-26-30-35-49-37-39(38-51-53(47,48)50-36-34-43(3,4)5)52-42(46)33-29-25-22-20-21-24-28-32-41(45)40(44)31-27-11-9-7-2/h39-41,44-45H,6-38H2,1-5H3/p+1. The van der Waals surface area contributed by atoms with Crippen LogP contribution in [-0.4, -0.2) is 98.0 Å². The SMILES string of the molecule is CCCCCCCCCCCCCCCCOCC(COP(=O)(O)OCC[N+](C)(C)C)OC(=O)CCCCCCCCCC(O)C(O)CCCCCC. The lowest BCUT2D eigenvalue weighted by atomic mass is 10.00. The number of aliphatic hydroxyl groups excluding tert-OH is 2. The fraction of sp³-hybridized carbons (Fsp3) is 0.976. The monoisotopic (exact) mass is 781 g/mol. The Morgan fingerprint density at radius 3 is 1.45 bits per heavy atom. The molecule has 318 valence electrons. The average molecular weight is 781 g/mol. The molecular formula is C42H87NO9P+. The number of nitrogens with zero attached hydrogens (tertiary/aromatic N) is 1. The molecule has 0 aromatic carbocycles. The Kier molecular flexibility index (Phi) is 35.4. The van der Waals surface area contributed by atoms with Crippen LogP contribution in [0.1, 0.15) is 194 Å². The van der Waals surface area contributed by atoms with E-state index >= 15 is 0 Å². The highest BCUT2D eigenvalue weighted by molar-refractivity contribution is 7.47. The summed E-state index contributed by atoms with van der Waals surface area (Å²) >= 11 is 0. The molecule has 11 heteroatoms. The minimum Gasteiger partial charge on any atom is -0.457 e. The van der Waals surface area contributed by atoms with Gasteiger partial charge in [0.1, 0.15) is 19.3 Å². The first-order valence-electron chi connectivity index (χ1n) is 22.0. The molecule has 0 radical (unpaired) electrons. The van der Waals surface area contributed by atoms with E-state index in [4.69, 9.17) is 18.5 Å². The maximum Gasteiger partial charge on any atom is 0.472 e. The molecule has 0 spiro atoms. The Morgan fingerprint density at radius 1 is 0.566 bits per heavy atom. The van der Waals surface area contributed by atoms with Crippen molar-refractivity contribution in [2.45, 2.75) is 212 Å². The molecule has 0 heterocycles. The fourth-order valence-corrected chi connectivity index (χ4v) is 7.03. The molecule has 0 aliphatic carbocycles. The van der Waals surface area contributed by atoms with Gasteiger partial charge in [-0.1, -0.05) is 162 Å². The number of aliphatic hydroxyl groups is 2. The van der Waals surface area contributed by atoms with Crippen molar-refractivity contribution in [1.29, 1.82) is 0 Å². The molecule has 3 N–H and O–H groups in total. The first-order chi connectivity index (χ1) is 25.4. The van der Waals surface area contributed by atoms with Gasteiger partial charge in [-0.3, -0.25) is 13.8 Å². The van der Waals surface area contributed by atoms with Gasteiger partial charge in [0.05, 0.1) is 46.6 Å². The molecule has 4 unspecified atom stereocenters. The number of likely N-dealkylation sites (N-methyl/N-ethyl adjacent to an activating group) is 1. The van der Waals surface area contributed by atoms with E-state index in [2.05, 4.69) is 13.8 Å². The van der Waals surface area contributed by atoms with E-state index in [1.807, 2.05) is 21.1 Å². The van der Waals surface area contributed by atoms with Crippen molar-refractivity contribution in [3.8, 4) is 0 Å². The van der Waals surface area contributed by atoms with Gasteiger partial charge in [-0.15, -0.1) is 0 Å². The highest BCUT2D eigenvalue weighted by Crippen LogP contribution is 2.43. The van der Waals surface area contributed by atoms with Crippen molar-refractivity contribution in [2.75, 3.05) is 54.1 Å².